The number of aryl methyl sites for hydroxylation is 2. The van der Waals surface area contributed by atoms with Crippen LogP contribution in [0, 0.1) is 72.1 Å². The molecule has 33 heteroatoms. The summed E-state index contributed by atoms with van der Waals surface area (Å²) in [6.07, 6.45) is -1.73. The van der Waals surface area contributed by atoms with E-state index < -0.39 is 152 Å². The number of carbonyl (C=O) groups is 6. The van der Waals surface area contributed by atoms with Crippen LogP contribution < -0.4 is 26.6 Å². The van der Waals surface area contributed by atoms with Gasteiger partial charge >= 0.3 is 17.8 Å². The number of nitrogens with zero attached hydrogens (tertiary/aromatic N) is 4. The van der Waals surface area contributed by atoms with Crippen molar-refractivity contribution >= 4 is 69.5 Å². The first-order chi connectivity index (χ1) is 54.1. The van der Waals surface area contributed by atoms with Crippen LogP contribution in [0.1, 0.15) is 159 Å². The van der Waals surface area contributed by atoms with Crippen molar-refractivity contribution in [3.63, 3.8) is 0 Å². The average molecular weight is 1640 g/mol. The molecule has 0 aliphatic carbocycles. The number of rotatable bonds is 20. The fraction of sp³-hybridized carbons (Fsp3) is 0.329. The topological polar surface area (TPSA) is 226 Å². The molecule has 3 fully saturated rings. The smallest absolute Gasteiger partial charge is 0.375 e. The van der Waals surface area contributed by atoms with E-state index in [4.69, 9.17) is 0 Å². The number of aliphatic hydroxyl groups is 2. The Hall–Kier alpha value is -11.1. The number of likely N-dealkylation sites (tertiary alicyclic amines) is 3. The van der Waals surface area contributed by atoms with Crippen LogP contribution in [0.3, 0.4) is 0 Å². The number of thiazole rings is 1. The summed E-state index contributed by atoms with van der Waals surface area (Å²) in [5, 5.41) is 31.7. The van der Waals surface area contributed by atoms with Crippen LogP contribution in [0.4, 0.5) is 88.6 Å². The number of nitrogens with one attached hydrogen (secondary N) is 5. The lowest BCUT2D eigenvalue weighted by Gasteiger charge is -2.36. The van der Waals surface area contributed by atoms with E-state index >= 15 is 8.78 Å². The molecule has 4 heterocycles. The maximum absolute atomic E-state index is 15.0. The van der Waals surface area contributed by atoms with Crippen LogP contribution in [0.2, 0.25) is 0 Å². The normalized spacial score (nSPS) is 14.8. The number of alkyl halides is 6. The molecule has 3 saturated heterocycles. The van der Waals surface area contributed by atoms with Crippen LogP contribution >= 0.6 is 11.3 Å². The number of carbonyl (C=O) groups excluding carboxylic acids is 6. The summed E-state index contributed by atoms with van der Waals surface area (Å²) in [5.74, 6) is -20.6. The Kier molecular flexibility index (Phi) is 30.2. The van der Waals surface area contributed by atoms with Crippen molar-refractivity contribution in [3.8, 4) is 0 Å². The molecule has 7 aromatic carbocycles. The number of aromatic nitrogens is 1. The van der Waals surface area contributed by atoms with Crippen LogP contribution in [-0.4, -0.2) is 122 Å². The van der Waals surface area contributed by atoms with Gasteiger partial charge in [-0.3, -0.25) is 28.8 Å². The monoisotopic (exact) mass is 1640 g/mol. The lowest BCUT2D eigenvalue weighted by molar-refractivity contribution is -0.160. The largest absolute Gasteiger partial charge is 0.393 e. The second kappa shape index (κ2) is 38.8. The first-order valence-electron chi connectivity index (χ1n) is 36.0. The summed E-state index contributed by atoms with van der Waals surface area (Å²) in [6, 6.07) is 22.3. The van der Waals surface area contributed by atoms with Crippen LogP contribution in [0.25, 0.3) is 0 Å². The fourth-order valence-corrected chi connectivity index (χ4v) is 12.5. The molecule has 3 aliphatic heterocycles. The number of piperidine rings is 3. The highest BCUT2D eigenvalue weighted by Crippen LogP contribution is 2.41. The molecule has 115 heavy (non-hydrogen) atoms. The fourth-order valence-electron chi connectivity index (χ4n) is 11.7. The van der Waals surface area contributed by atoms with E-state index in [1.165, 1.54) is 65.7 Å². The maximum atomic E-state index is 15.0. The minimum atomic E-state index is -3.78. The van der Waals surface area contributed by atoms with Gasteiger partial charge in [-0.1, -0.05) is 27.0 Å². The first kappa shape index (κ1) is 89.5. The van der Waals surface area contributed by atoms with Crippen LogP contribution in [0.5, 0.6) is 0 Å². The zero-order valence-electron chi connectivity index (χ0n) is 62.9. The van der Waals surface area contributed by atoms with E-state index in [1.54, 1.807) is 32.6 Å². The zero-order chi connectivity index (χ0) is 84.7. The van der Waals surface area contributed by atoms with Crippen LogP contribution in [0.15, 0.2) is 157 Å². The molecule has 0 spiro atoms. The Morgan fingerprint density at radius 3 is 1.30 bits per heavy atom. The Labute approximate surface area is 656 Å². The standard InChI is InChI=1S/C22H22F4N2O2.C21H20F4N2O2.C20H20F4N2O2.C19H20F3N3O2S/c1-13-11-16(4-6-19(13)23)27-21(30)15-3-5-20(24)18(12-15)22(25,26)14(2)28-9-7-17(29)8-10-28;1-12(27-8-6-15(28)7-9-27)20(25)16-10-13(2-4-17(16)22)21(29)26-14-3-5-18(23)19(24)11-14;1-4-20(2,3)26-19(28)17(24)13-9-11(5-7-14(13)21)18(27)25-12-6-8-15(22)16(23)10-12;1-11-5-7-25(8-6-11)18(27)19(21,22)17-24-15(10-28-17)16(26)23-13-3-4-14(20)12(2)9-13/h3-6,11-12,17,29H,2,7-10H2,1H3,(H,27,30);2-5,10-11,15,20,28H,1,6-9H2,(H,26,29);5-10,17H,4H2,1-3H3,(H,25,27)(H,26,28);3-4,9-11H,5-8H2,1-2H3,(H,23,26). The van der Waals surface area contributed by atoms with E-state index in [9.17, 15) is 96.1 Å². The zero-order valence-corrected chi connectivity index (χ0v) is 63.7. The van der Waals surface area contributed by atoms with E-state index in [0.717, 1.165) is 83.8 Å². The molecule has 7 N–H and O–H groups in total. The van der Waals surface area contributed by atoms with Gasteiger partial charge in [0.25, 0.3) is 29.5 Å². The summed E-state index contributed by atoms with van der Waals surface area (Å²) < 4.78 is 211. The summed E-state index contributed by atoms with van der Waals surface area (Å²) in [6.45, 7) is 19.2. The molecule has 614 valence electrons. The SMILES string of the molecule is C=C(C(F)c1cc(C(=O)Nc2ccc(F)c(F)c2)ccc1F)N1CCC(O)CC1.C=C(N1CCC(O)CC1)C(F)(F)c1cc(C(=O)Nc2ccc(F)c(C)c2)ccc1F.CCC(C)(C)NC(=O)C(F)c1cc(C(=O)Nc2ccc(F)c(F)c2)ccc1F.Cc1cc(NC(=O)c2csc(C(F)(F)C(=O)N3CCC(C)CC3)n2)ccc1F. The molecule has 0 radical (unpaired) electrons. The molecular formula is C82H82F15N9O8S. The number of halogens is 15. The minimum absolute atomic E-state index is 0.00728. The van der Waals surface area contributed by atoms with Gasteiger partial charge in [0.1, 0.15) is 34.8 Å². The number of allylic oxidation sites excluding steroid dienone is 2. The molecule has 2 atom stereocenters. The highest BCUT2D eigenvalue weighted by atomic mass is 32.1. The van der Waals surface area contributed by atoms with Crippen molar-refractivity contribution in [1.82, 2.24) is 25.0 Å². The van der Waals surface area contributed by atoms with Gasteiger partial charge in [-0.2, -0.15) is 17.6 Å². The third kappa shape index (κ3) is 23.6. The quantitative estimate of drug-likeness (QED) is 0.0355. The highest BCUT2D eigenvalue weighted by molar-refractivity contribution is 7.10. The van der Waals surface area contributed by atoms with Gasteiger partial charge in [-0.05, 0) is 205 Å². The number of benzene rings is 7. The first-order valence-corrected chi connectivity index (χ1v) is 36.9. The van der Waals surface area contributed by atoms with Crippen molar-refractivity contribution in [2.24, 2.45) is 5.92 Å². The average Bonchev–Trinajstić information content (AvgIpc) is 1.21. The third-order valence-corrected chi connectivity index (χ3v) is 20.0. The van der Waals surface area contributed by atoms with Gasteiger partial charge in [0.2, 0.25) is 6.17 Å². The second-order valence-corrected chi connectivity index (χ2v) is 29.0. The molecular weight excluding hydrogens is 1560 g/mol. The lowest BCUT2D eigenvalue weighted by atomic mass is 9.99. The third-order valence-electron chi connectivity index (χ3n) is 19.1. The van der Waals surface area contributed by atoms with Gasteiger partial charge in [-0.15, -0.1) is 11.3 Å². The van der Waals surface area contributed by atoms with Gasteiger partial charge in [-0.25, -0.2) is 53.3 Å². The summed E-state index contributed by atoms with van der Waals surface area (Å²) in [5.41, 5.74) is -2.47. The Balaban J connectivity index is 0.000000192. The molecule has 0 saturated carbocycles. The molecule has 6 amide bonds. The molecule has 1 aromatic heterocycles. The number of hydrogen-bond acceptors (Lipinski definition) is 12. The van der Waals surface area contributed by atoms with Gasteiger partial charge < -0.3 is 51.5 Å². The molecule has 3 aliphatic rings. The molecule has 8 aromatic rings. The minimum Gasteiger partial charge on any atom is -0.393 e. The van der Waals surface area contributed by atoms with E-state index in [1.807, 2.05) is 6.92 Å². The van der Waals surface area contributed by atoms with Gasteiger partial charge in [0.15, 0.2) is 34.4 Å². The number of amides is 6. The Morgan fingerprint density at radius 1 is 0.487 bits per heavy atom. The number of anilines is 4. The second-order valence-electron chi connectivity index (χ2n) is 28.2. The van der Waals surface area contributed by atoms with Crippen molar-refractivity contribution in [3.05, 3.63) is 265 Å². The van der Waals surface area contributed by atoms with E-state index in [0.29, 0.717) is 92.1 Å². The Morgan fingerprint density at radius 2 is 0.870 bits per heavy atom. The number of aliphatic hydroxyl groups excluding tert-OH is 2. The van der Waals surface area contributed by atoms with Gasteiger partial charge in [0.05, 0.1) is 23.5 Å². The lowest BCUT2D eigenvalue weighted by Crippen LogP contribution is -2.45. The van der Waals surface area contributed by atoms with Crippen molar-refractivity contribution < 1.29 is 105 Å². The van der Waals surface area contributed by atoms with Crippen molar-refractivity contribution in [2.75, 3.05) is 60.5 Å². The maximum Gasteiger partial charge on any atom is 0.375 e. The van der Waals surface area contributed by atoms with E-state index in [-0.39, 0.29) is 76.9 Å². The van der Waals surface area contributed by atoms with Gasteiger partial charge in [0, 0.05) is 119 Å². The Bertz CT molecular complexity index is 4890. The molecule has 0 bridgehead atoms. The predicted molar refractivity (Wildman–Crippen MR) is 403 cm³/mol. The summed E-state index contributed by atoms with van der Waals surface area (Å²) in [4.78, 5) is 81.5. The highest BCUT2D eigenvalue weighted by Gasteiger charge is 2.48. The number of hydrogen-bond donors (Lipinski definition) is 7. The predicted octanol–water partition coefficient (Wildman–Crippen LogP) is 17.8. The summed E-state index contributed by atoms with van der Waals surface area (Å²) in [7, 11) is 0. The molecule has 2 unspecified atom stereocenters. The van der Waals surface area contributed by atoms with E-state index in [2.05, 4.69) is 44.7 Å². The molecule has 11 rings (SSSR count). The van der Waals surface area contributed by atoms with Crippen molar-refractivity contribution in [2.45, 2.75) is 128 Å². The van der Waals surface area contributed by atoms with Crippen LogP contribution in [-0.2, 0) is 21.4 Å². The van der Waals surface area contributed by atoms with Crippen molar-refractivity contribution in [1.29, 1.82) is 0 Å². The summed E-state index contributed by atoms with van der Waals surface area (Å²) >= 11 is 0.564. The molecule has 17 nitrogen and oxygen atoms in total.